The first-order valence-corrected chi connectivity index (χ1v) is 2.89. The van der Waals surface area contributed by atoms with Gasteiger partial charge in [-0.3, -0.25) is 0 Å². The molecule has 0 aromatic heterocycles. The van der Waals surface area contributed by atoms with Crippen LogP contribution in [-0.2, 0) is 9.53 Å². The van der Waals surface area contributed by atoms with Crippen LogP contribution in [0.2, 0.25) is 0 Å². The molecule has 0 spiro atoms. The predicted molar refractivity (Wildman–Crippen MR) is 33.6 cm³/mol. The van der Waals surface area contributed by atoms with Gasteiger partial charge in [0.2, 0.25) is 0 Å². The number of ether oxygens (including phenoxy) is 1. The molecule has 0 radical (unpaired) electrons. The number of aliphatic hydroxyl groups is 1. The van der Waals surface area contributed by atoms with E-state index in [0.29, 0.717) is 0 Å². The monoisotopic (exact) mass is 162 g/mol. The number of nitrogens with one attached hydrogen (secondary N) is 1. The minimum Gasteiger partial charge on any atom is -0.597 e. The summed E-state index contributed by atoms with van der Waals surface area (Å²) in [5.74, 6) is -0.925. The molecule has 0 aromatic carbocycles. The first-order valence-electron chi connectivity index (χ1n) is 2.89. The Kier molecular flexibility index (Phi) is 2.94. The maximum Gasteiger partial charge on any atom is 0.342 e. The van der Waals surface area contributed by atoms with Gasteiger partial charge in [0.15, 0.2) is 5.60 Å². The molecule has 64 valence electrons. The molecule has 0 unspecified atom stereocenters. The van der Waals surface area contributed by atoms with Crippen molar-refractivity contribution < 1.29 is 19.5 Å². The molecule has 0 rings (SSSR count). The van der Waals surface area contributed by atoms with E-state index in [1.54, 1.807) is 0 Å². The Hall–Kier alpha value is -1.17. The van der Waals surface area contributed by atoms with Gasteiger partial charge in [-0.15, -0.1) is 0 Å². The zero-order valence-corrected chi connectivity index (χ0v) is 6.33. The lowest BCUT2D eigenvalue weighted by atomic mass is 10.1. The molecule has 2 N–H and O–H groups in total. The number of carbonyl (C=O) groups excluding carboxylic acids is 1. The highest BCUT2D eigenvalue weighted by atomic mass is 16.6. The van der Waals surface area contributed by atoms with Crippen molar-refractivity contribution in [3.63, 3.8) is 0 Å². The Labute approximate surface area is 63.5 Å². The average molecular weight is 162 g/mol. The summed E-state index contributed by atoms with van der Waals surface area (Å²) in [6.45, 7) is 1.77. The van der Waals surface area contributed by atoms with Crippen molar-refractivity contribution in [1.29, 1.82) is 5.53 Å². The third kappa shape index (κ3) is 4.26. The molecule has 0 atom stereocenters. The molecule has 0 aliphatic carbocycles. The molecule has 0 bridgehead atoms. The lowest BCUT2D eigenvalue weighted by Gasteiger charge is -2.13. The van der Waals surface area contributed by atoms with Crippen LogP contribution in [0.4, 0.5) is 0 Å². The van der Waals surface area contributed by atoms with E-state index in [1.807, 2.05) is 0 Å². The quantitative estimate of drug-likeness (QED) is 0.197. The van der Waals surface area contributed by atoms with Gasteiger partial charge in [0.25, 0.3) is 0 Å². The summed E-state index contributed by atoms with van der Waals surface area (Å²) in [4.78, 5) is 10.3. The summed E-state index contributed by atoms with van der Waals surface area (Å²) in [5.41, 5.74) is 4.68. The van der Waals surface area contributed by atoms with E-state index in [-0.39, 0.29) is 4.86 Å². The topological polar surface area (TPSA) is 96.5 Å². The number of esters is 1. The number of hydroxylamine groups is 1. The largest absolute Gasteiger partial charge is 0.597 e. The van der Waals surface area contributed by atoms with Gasteiger partial charge >= 0.3 is 12.7 Å². The van der Waals surface area contributed by atoms with Crippen LogP contribution in [0.25, 0.3) is 0 Å². The molecule has 6 heteroatoms. The molecule has 0 aliphatic rings. The van der Waals surface area contributed by atoms with Gasteiger partial charge in [0.1, 0.15) is 0 Å². The third-order valence-corrected chi connectivity index (χ3v) is 0.812. The van der Waals surface area contributed by atoms with E-state index in [4.69, 9.17) is 10.6 Å². The predicted octanol–water partition coefficient (Wildman–Crippen LogP) is -0.201. The van der Waals surface area contributed by atoms with Gasteiger partial charge in [0.05, 0.1) is 0 Å². The van der Waals surface area contributed by atoms with Gasteiger partial charge in [-0.2, -0.15) is 0 Å². The van der Waals surface area contributed by atoms with Crippen LogP contribution in [0.5, 0.6) is 0 Å². The minimum absolute atomic E-state index is 0.302. The van der Waals surface area contributed by atoms with E-state index in [9.17, 15) is 10.0 Å². The number of nitrogens with zero attached hydrogens (tertiary/aromatic N) is 1. The highest BCUT2D eigenvalue weighted by molar-refractivity contribution is 5.77. The van der Waals surface area contributed by atoms with E-state index in [1.165, 1.54) is 13.8 Å². The molecule has 0 amide bonds. The van der Waals surface area contributed by atoms with Crippen LogP contribution in [0, 0.1) is 10.7 Å². The SMILES string of the molecule is CC(C)(O)C(=O)OC[N+](=N)[O-]. The van der Waals surface area contributed by atoms with Crippen molar-refractivity contribution in [3.05, 3.63) is 5.21 Å². The molecule has 0 heterocycles. The number of hydrogen-bond donors (Lipinski definition) is 2. The van der Waals surface area contributed by atoms with Crippen molar-refractivity contribution in [2.24, 2.45) is 0 Å². The molecule has 0 aliphatic heterocycles. The van der Waals surface area contributed by atoms with E-state index < -0.39 is 18.3 Å². The van der Waals surface area contributed by atoms with Crippen molar-refractivity contribution in [2.45, 2.75) is 19.4 Å². The molecule has 0 saturated heterocycles. The summed E-state index contributed by atoms with van der Waals surface area (Å²) >= 11 is 0. The van der Waals surface area contributed by atoms with Crippen molar-refractivity contribution in [3.8, 4) is 0 Å². The fourth-order valence-corrected chi connectivity index (χ4v) is 0.294. The van der Waals surface area contributed by atoms with Crippen LogP contribution in [-0.4, -0.2) is 28.3 Å². The van der Waals surface area contributed by atoms with Gasteiger partial charge < -0.3 is 15.1 Å². The zero-order valence-electron chi connectivity index (χ0n) is 6.33. The molecule has 11 heavy (non-hydrogen) atoms. The second-order valence-electron chi connectivity index (χ2n) is 2.50. The Bertz CT molecular complexity index is 172. The van der Waals surface area contributed by atoms with Gasteiger partial charge in [-0.05, 0) is 19.4 Å². The smallest absolute Gasteiger partial charge is 0.342 e. The molecular weight excluding hydrogens is 152 g/mol. The zero-order chi connectivity index (χ0) is 9.07. The standard InChI is InChI=1S/C5H10N2O4/c1-5(2,9)4(8)11-3-7(6)10/h6,9H,3H2,1-2H3. The lowest BCUT2D eigenvalue weighted by Crippen LogP contribution is -2.34. The summed E-state index contributed by atoms with van der Waals surface area (Å²) in [5, 5.41) is 18.8. The first-order chi connectivity index (χ1) is 4.84. The summed E-state index contributed by atoms with van der Waals surface area (Å²) in [6, 6.07) is 0. The second-order valence-corrected chi connectivity index (χ2v) is 2.50. The van der Waals surface area contributed by atoms with Crippen LogP contribution in [0.15, 0.2) is 0 Å². The lowest BCUT2D eigenvalue weighted by molar-refractivity contribution is -0.584. The number of rotatable bonds is 3. The maximum absolute atomic E-state index is 10.6. The Morgan fingerprint density at radius 3 is 2.55 bits per heavy atom. The minimum atomic E-state index is -1.62. The second kappa shape index (κ2) is 3.29. The fourth-order valence-electron chi connectivity index (χ4n) is 0.294. The van der Waals surface area contributed by atoms with E-state index >= 15 is 0 Å². The van der Waals surface area contributed by atoms with E-state index in [2.05, 4.69) is 4.74 Å². The molecular formula is C5H10N2O4. The summed E-state index contributed by atoms with van der Waals surface area (Å²) in [6.07, 6.45) is 0. The highest BCUT2D eigenvalue weighted by Crippen LogP contribution is 2.02. The third-order valence-electron chi connectivity index (χ3n) is 0.812. The van der Waals surface area contributed by atoms with Gasteiger partial charge in [0, 0.05) is 0 Å². The highest BCUT2D eigenvalue weighted by Gasteiger charge is 2.26. The Balaban J connectivity index is 3.80. The number of hydrogen-bond acceptors (Lipinski definition) is 5. The fraction of sp³-hybridized carbons (Fsp3) is 0.800. The van der Waals surface area contributed by atoms with Crippen LogP contribution in [0.3, 0.4) is 0 Å². The van der Waals surface area contributed by atoms with Crippen molar-refractivity contribution in [1.82, 2.24) is 0 Å². The Morgan fingerprint density at radius 1 is 1.82 bits per heavy atom. The van der Waals surface area contributed by atoms with Crippen molar-refractivity contribution >= 4 is 5.97 Å². The molecule has 0 fully saturated rings. The van der Waals surface area contributed by atoms with Crippen molar-refractivity contribution in [2.75, 3.05) is 6.73 Å². The molecule has 0 saturated carbocycles. The van der Waals surface area contributed by atoms with Gasteiger partial charge in [-0.25, -0.2) is 4.79 Å². The normalized spacial score (nSPS) is 10.8. The number of carbonyl (C=O) groups is 1. The first kappa shape index (κ1) is 9.83. The van der Waals surface area contributed by atoms with Crippen LogP contribution in [0.1, 0.15) is 13.8 Å². The summed E-state index contributed by atoms with van der Waals surface area (Å²) < 4.78 is 4.20. The maximum atomic E-state index is 10.6. The average Bonchev–Trinajstić information content (AvgIpc) is 1.80. The molecule has 0 aromatic rings. The van der Waals surface area contributed by atoms with E-state index in [0.717, 1.165) is 0 Å². The van der Waals surface area contributed by atoms with Gasteiger partial charge in [-0.1, -0.05) is 4.86 Å². The van der Waals surface area contributed by atoms with Crippen LogP contribution < -0.4 is 0 Å². The summed E-state index contributed by atoms with van der Waals surface area (Å²) in [7, 11) is 0. The Morgan fingerprint density at radius 2 is 2.27 bits per heavy atom. The molecule has 6 nitrogen and oxygen atoms in total. The van der Waals surface area contributed by atoms with Crippen LogP contribution >= 0.6 is 0 Å².